The van der Waals surface area contributed by atoms with E-state index in [1.807, 2.05) is 49.1 Å². The molecule has 2 heterocycles. The first-order valence-corrected chi connectivity index (χ1v) is 19.5. The van der Waals surface area contributed by atoms with Crippen molar-refractivity contribution in [3.05, 3.63) is 152 Å². The van der Waals surface area contributed by atoms with Gasteiger partial charge in [0.15, 0.2) is 10.1 Å². The topological polar surface area (TPSA) is 92.8 Å². The SMILES string of the molecule is CC(C)(C)P(c1ccnn1-c1c(-c2ccccc2)nn(-c2ccccc2)c1-c1ccccc1)C(C)(C)C.O=S(=O)([O-])C(F)(F)F.[C-]#C[C+]=C1C=CC=C[CH-]1.[Pd+2]. The van der Waals surface area contributed by atoms with Crippen LogP contribution in [-0.4, -0.2) is 48.4 Å². The number of benzene rings is 3. The molecule has 288 valence electrons. The number of hydrogen-bond donors (Lipinski definition) is 0. The van der Waals surface area contributed by atoms with Gasteiger partial charge >= 0.3 is 25.9 Å². The molecule has 0 bridgehead atoms. The summed E-state index contributed by atoms with van der Waals surface area (Å²) in [6.45, 7) is 14.1. The molecule has 0 atom stereocenters. The van der Waals surface area contributed by atoms with Gasteiger partial charge in [0.1, 0.15) is 17.1 Å². The van der Waals surface area contributed by atoms with Crippen molar-refractivity contribution in [3.63, 3.8) is 0 Å². The zero-order valence-corrected chi connectivity index (χ0v) is 34.3. The molecule has 0 saturated heterocycles. The van der Waals surface area contributed by atoms with Crippen LogP contribution in [0.25, 0.3) is 33.9 Å². The van der Waals surface area contributed by atoms with Gasteiger partial charge in [0.2, 0.25) is 0 Å². The predicted octanol–water partition coefficient (Wildman–Crippen LogP) is 9.78. The number of halogens is 3. The van der Waals surface area contributed by atoms with Crippen LogP contribution < -0.4 is 5.44 Å². The van der Waals surface area contributed by atoms with E-state index in [0.717, 1.165) is 39.5 Å². The molecule has 2 aromatic heterocycles. The summed E-state index contributed by atoms with van der Waals surface area (Å²) in [7, 11) is -6.68. The third kappa shape index (κ3) is 11.7. The van der Waals surface area contributed by atoms with Crippen LogP contribution in [0.4, 0.5) is 13.2 Å². The van der Waals surface area contributed by atoms with Crippen LogP contribution in [0.5, 0.6) is 0 Å². The number of rotatable bonds is 5. The van der Waals surface area contributed by atoms with E-state index in [-0.39, 0.29) is 30.7 Å². The summed E-state index contributed by atoms with van der Waals surface area (Å²) in [5, 5.41) is 10.5. The fraction of sp³-hybridized carbons (Fsp3) is 0.214. The first-order valence-electron chi connectivity index (χ1n) is 16.7. The average molecular weight is 875 g/mol. The molecular weight excluding hydrogens is 835 g/mol. The van der Waals surface area contributed by atoms with Gasteiger partial charge in [-0.3, -0.25) is 0 Å². The molecule has 6 rings (SSSR count). The van der Waals surface area contributed by atoms with Crippen molar-refractivity contribution in [1.29, 1.82) is 0 Å². The Morgan fingerprint density at radius 2 is 1.31 bits per heavy atom. The van der Waals surface area contributed by atoms with Crippen molar-refractivity contribution in [2.24, 2.45) is 0 Å². The normalized spacial score (nSPS) is 13.3. The van der Waals surface area contributed by atoms with Crippen molar-refractivity contribution in [1.82, 2.24) is 19.6 Å². The minimum Gasteiger partial charge on any atom is -0.741 e. The van der Waals surface area contributed by atoms with Crippen LogP contribution in [-0.2, 0) is 30.5 Å². The minimum absolute atomic E-state index is 0. The maximum atomic E-state index is 10.7. The Morgan fingerprint density at radius 3 is 1.76 bits per heavy atom. The van der Waals surface area contributed by atoms with E-state index in [4.69, 9.17) is 29.6 Å². The van der Waals surface area contributed by atoms with Crippen LogP contribution in [0, 0.1) is 24.8 Å². The Morgan fingerprint density at radius 1 is 0.800 bits per heavy atom. The molecule has 0 spiro atoms. The first kappa shape index (κ1) is 44.8. The molecule has 0 fully saturated rings. The third-order valence-electron chi connectivity index (χ3n) is 7.63. The van der Waals surface area contributed by atoms with Gasteiger partial charge in [-0.25, -0.2) is 17.8 Å². The summed E-state index contributed by atoms with van der Waals surface area (Å²) in [5.74, 6) is 2.08. The third-order valence-corrected chi connectivity index (χ3v) is 11.7. The molecular formula is C42H40F3N4O3PPdS. The standard InChI is InChI=1S/C32H35N4P.C9H5.CHF3O3S.Pd/c1-31(2,3)37(32(4,5)6)27-22-23-33-36(27)30-28(24-16-10-7-11-17-24)34-35(26-20-14-9-15-21-26)29(30)25-18-12-8-13-19-25;1-2-6-9-7-4-3-5-8-9;2-1(3,4)8(5,6)7;/h7-23H,1-6H3;3-5,7-8H;(H,5,6,7);/q;-1;;+2/p-1. The van der Waals surface area contributed by atoms with Gasteiger partial charge in [0.25, 0.3) is 0 Å². The number of para-hydroxylation sites is 1. The van der Waals surface area contributed by atoms with Gasteiger partial charge in [-0.2, -0.15) is 35.9 Å². The number of aromatic nitrogens is 4. The summed E-state index contributed by atoms with van der Waals surface area (Å²) in [6.07, 6.45) is 20.6. The summed E-state index contributed by atoms with van der Waals surface area (Å²) in [4.78, 5) is 0. The van der Waals surface area contributed by atoms with Crippen molar-refractivity contribution in [2.45, 2.75) is 57.4 Å². The van der Waals surface area contributed by atoms with E-state index in [0.29, 0.717) is 0 Å². The van der Waals surface area contributed by atoms with Gasteiger partial charge < -0.3 is 4.55 Å². The second kappa shape index (κ2) is 18.8. The zero-order chi connectivity index (χ0) is 39.7. The minimum atomic E-state index is -6.09. The van der Waals surface area contributed by atoms with Crippen LogP contribution in [0.15, 0.2) is 133 Å². The van der Waals surface area contributed by atoms with Gasteiger partial charge in [-0.05, 0) is 36.4 Å². The molecule has 0 aliphatic heterocycles. The molecule has 0 saturated carbocycles. The van der Waals surface area contributed by atoms with E-state index in [1.54, 1.807) is 0 Å². The molecule has 1 aliphatic rings. The first-order chi connectivity index (χ1) is 25.3. The second-order valence-electron chi connectivity index (χ2n) is 13.8. The smallest absolute Gasteiger partial charge is 0.741 e. The van der Waals surface area contributed by atoms with Crippen LogP contribution in [0.3, 0.4) is 0 Å². The van der Waals surface area contributed by atoms with Crippen LogP contribution >= 0.6 is 7.92 Å². The largest absolute Gasteiger partial charge is 2.00 e. The van der Waals surface area contributed by atoms with Crippen molar-refractivity contribution in [3.8, 4) is 39.8 Å². The Balaban J connectivity index is 0.000000374. The number of hydrogen-bond acceptors (Lipinski definition) is 5. The molecule has 0 unspecified atom stereocenters. The van der Waals surface area contributed by atoms with Gasteiger partial charge in [-0.15, -0.1) is 36.1 Å². The quantitative estimate of drug-likeness (QED) is 0.0438. The summed E-state index contributed by atoms with van der Waals surface area (Å²) in [5.41, 5.74) is 2.68. The molecule has 0 N–H and O–H groups in total. The average Bonchev–Trinajstić information content (AvgIpc) is 3.73. The van der Waals surface area contributed by atoms with Crippen molar-refractivity contribution >= 4 is 23.5 Å². The van der Waals surface area contributed by atoms with Gasteiger partial charge in [0.05, 0.1) is 17.3 Å². The van der Waals surface area contributed by atoms with Crippen molar-refractivity contribution in [2.75, 3.05) is 0 Å². The van der Waals surface area contributed by atoms with Gasteiger partial charge in [-0.1, -0.05) is 126 Å². The van der Waals surface area contributed by atoms with E-state index in [2.05, 4.69) is 148 Å². The van der Waals surface area contributed by atoms with E-state index in [9.17, 15) is 13.2 Å². The van der Waals surface area contributed by atoms with Crippen LogP contribution in [0.2, 0.25) is 0 Å². The van der Waals surface area contributed by atoms with E-state index in [1.165, 1.54) is 5.44 Å². The number of nitrogens with zero attached hydrogens (tertiary/aromatic N) is 4. The maximum Gasteiger partial charge on any atom is 2.00 e. The zero-order valence-electron chi connectivity index (χ0n) is 31.0. The molecule has 3 aromatic carbocycles. The summed E-state index contributed by atoms with van der Waals surface area (Å²) in [6, 6.07) is 33.6. The predicted molar refractivity (Wildman–Crippen MR) is 210 cm³/mol. The Hall–Kier alpha value is -4.57. The Labute approximate surface area is 337 Å². The fourth-order valence-corrected chi connectivity index (χ4v) is 9.88. The number of allylic oxidation sites excluding steroid dienone is 6. The van der Waals surface area contributed by atoms with Crippen molar-refractivity contribution < 1.29 is 46.6 Å². The molecule has 13 heteroatoms. The molecule has 1 aliphatic carbocycles. The molecule has 0 amide bonds. The van der Waals surface area contributed by atoms with E-state index >= 15 is 0 Å². The Bertz CT molecular complexity index is 2230. The van der Waals surface area contributed by atoms with Crippen LogP contribution in [0.1, 0.15) is 41.5 Å². The molecule has 55 heavy (non-hydrogen) atoms. The summed E-state index contributed by atoms with van der Waals surface area (Å²) < 4.78 is 63.2. The van der Waals surface area contributed by atoms with E-state index < -0.39 is 23.5 Å². The Kier molecular flexibility index (Phi) is 15.4. The summed E-state index contributed by atoms with van der Waals surface area (Å²) >= 11 is 0. The molecule has 0 radical (unpaired) electrons. The van der Waals surface area contributed by atoms with Gasteiger partial charge in [0, 0.05) is 11.1 Å². The molecule has 7 nitrogen and oxygen atoms in total. The molecule has 5 aromatic rings. The maximum absolute atomic E-state index is 10.7. The number of alkyl halides is 3. The monoisotopic (exact) mass is 874 g/mol. The fourth-order valence-electron chi connectivity index (χ4n) is 5.94. The second-order valence-corrected chi connectivity index (χ2v) is 19.0.